The van der Waals surface area contributed by atoms with Crippen LogP contribution in [0.3, 0.4) is 0 Å². The van der Waals surface area contributed by atoms with Crippen LogP contribution in [0.15, 0.2) is 29.4 Å². The predicted molar refractivity (Wildman–Crippen MR) is 63.2 cm³/mol. The molecule has 0 saturated carbocycles. The van der Waals surface area contributed by atoms with Crippen LogP contribution in [0, 0.1) is 0 Å². The van der Waals surface area contributed by atoms with Crippen LogP contribution >= 0.6 is 11.8 Å². The highest BCUT2D eigenvalue weighted by Crippen LogP contribution is 2.32. The minimum atomic E-state index is 1.02. The van der Waals surface area contributed by atoms with Crippen LogP contribution in [0.5, 0.6) is 0 Å². The molecule has 2 nitrogen and oxygen atoms in total. The Kier molecular flexibility index (Phi) is 2.06. The summed E-state index contributed by atoms with van der Waals surface area (Å²) in [5.41, 5.74) is 5.17. The lowest BCUT2D eigenvalue weighted by atomic mass is 9.93. The first kappa shape index (κ1) is 9.04. The van der Waals surface area contributed by atoms with Gasteiger partial charge in [0.15, 0.2) is 5.16 Å². The van der Waals surface area contributed by atoms with Crippen molar-refractivity contribution < 1.29 is 0 Å². The number of nitrogens with one attached hydrogen (secondary N) is 1. The van der Waals surface area contributed by atoms with Gasteiger partial charge in [-0.05, 0) is 24.7 Å². The van der Waals surface area contributed by atoms with Crippen molar-refractivity contribution in [2.75, 3.05) is 6.26 Å². The van der Waals surface area contributed by atoms with E-state index in [4.69, 9.17) is 0 Å². The molecule has 0 atom stereocenters. The fourth-order valence-corrected chi connectivity index (χ4v) is 2.52. The van der Waals surface area contributed by atoms with E-state index in [-0.39, 0.29) is 0 Å². The SMILES string of the molecule is CSc1nc2c([nH]1)CCc1ccccc1-2. The number of hydrogen-bond donors (Lipinski definition) is 1. The van der Waals surface area contributed by atoms with E-state index in [1.807, 2.05) is 0 Å². The number of benzene rings is 1. The molecule has 1 heterocycles. The zero-order chi connectivity index (χ0) is 10.3. The minimum absolute atomic E-state index is 1.02. The van der Waals surface area contributed by atoms with E-state index in [1.54, 1.807) is 11.8 Å². The fourth-order valence-electron chi connectivity index (χ4n) is 2.11. The van der Waals surface area contributed by atoms with Gasteiger partial charge >= 0.3 is 0 Å². The van der Waals surface area contributed by atoms with Crippen molar-refractivity contribution in [1.82, 2.24) is 9.97 Å². The van der Waals surface area contributed by atoms with E-state index >= 15 is 0 Å². The smallest absolute Gasteiger partial charge is 0.165 e. The molecule has 76 valence electrons. The number of imidazole rings is 1. The van der Waals surface area contributed by atoms with Crippen molar-refractivity contribution in [3.05, 3.63) is 35.5 Å². The first-order valence-corrected chi connectivity index (χ1v) is 6.32. The molecule has 0 bridgehead atoms. The highest BCUT2D eigenvalue weighted by Gasteiger charge is 2.19. The van der Waals surface area contributed by atoms with Gasteiger partial charge in [0.25, 0.3) is 0 Å². The lowest BCUT2D eigenvalue weighted by Gasteiger charge is -2.13. The standard InChI is InChI=1S/C12H12N2S/c1-15-12-13-10-7-6-8-4-2-3-5-9(8)11(10)14-12/h2-5H,6-7H2,1H3,(H,13,14). The summed E-state index contributed by atoms with van der Waals surface area (Å²) in [4.78, 5) is 7.99. The van der Waals surface area contributed by atoms with E-state index in [1.165, 1.54) is 16.8 Å². The summed E-state index contributed by atoms with van der Waals surface area (Å²) in [6, 6.07) is 8.55. The molecule has 0 amide bonds. The van der Waals surface area contributed by atoms with E-state index in [0.29, 0.717) is 0 Å². The maximum Gasteiger partial charge on any atom is 0.165 e. The van der Waals surface area contributed by atoms with E-state index in [9.17, 15) is 0 Å². The topological polar surface area (TPSA) is 28.7 Å². The van der Waals surface area contributed by atoms with Crippen molar-refractivity contribution in [2.45, 2.75) is 18.0 Å². The normalized spacial score (nSPS) is 13.4. The summed E-state index contributed by atoms with van der Waals surface area (Å²) in [6.45, 7) is 0. The Morgan fingerprint density at radius 1 is 1.27 bits per heavy atom. The maximum atomic E-state index is 4.62. The molecule has 2 aromatic rings. The van der Waals surface area contributed by atoms with Gasteiger partial charge in [-0.3, -0.25) is 0 Å². The van der Waals surface area contributed by atoms with Gasteiger partial charge in [-0.25, -0.2) is 4.98 Å². The Morgan fingerprint density at radius 3 is 3.00 bits per heavy atom. The molecule has 0 saturated heterocycles. The quantitative estimate of drug-likeness (QED) is 0.742. The van der Waals surface area contributed by atoms with Crippen molar-refractivity contribution in [1.29, 1.82) is 0 Å². The molecule has 3 heteroatoms. The fraction of sp³-hybridized carbons (Fsp3) is 0.250. The van der Waals surface area contributed by atoms with Gasteiger partial charge < -0.3 is 4.98 Å². The molecule has 1 aliphatic rings. The third-order valence-corrected chi connectivity index (χ3v) is 3.45. The Labute approximate surface area is 93.1 Å². The van der Waals surface area contributed by atoms with Crippen LogP contribution in [0.25, 0.3) is 11.3 Å². The number of aryl methyl sites for hydroxylation is 2. The number of fused-ring (bicyclic) bond motifs is 3. The van der Waals surface area contributed by atoms with Crippen molar-refractivity contribution in [2.24, 2.45) is 0 Å². The predicted octanol–water partition coefficient (Wildman–Crippen LogP) is 2.90. The molecule has 0 unspecified atom stereocenters. The molecule has 0 fully saturated rings. The highest BCUT2D eigenvalue weighted by molar-refractivity contribution is 7.98. The summed E-state index contributed by atoms with van der Waals surface area (Å²) < 4.78 is 0. The van der Waals surface area contributed by atoms with Crippen LogP contribution < -0.4 is 0 Å². The van der Waals surface area contributed by atoms with E-state index in [0.717, 1.165) is 23.7 Å². The van der Waals surface area contributed by atoms with E-state index < -0.39 is 0 Å². The summed E-state index contributed by atoms with van der Waals surface area (Å²) >= 11 is 1.67. The molecule has 0 spiro atoms. The average molecular weight is 216 g/mol. The molecular formula is C12H12N2S. The van der Waals surface area contributed by atoms with Gasteiger partial charge in [-0.1, -0.05) is 36.0 Å². The molecule has 0 radical (unpaired) electrons. The Morgan fingerprint density at radius 2 is 2.13 bits per heavy atom. The first-order valence-electron chi connectivity index (χ1n) is 5.09. The Balaban J connectivity index is 2.20. The number of nitrogens with zero attached hydrogens (tertiary/aromatic N) is 1. The van der Waals surface area contributed by atoms with Crippen molar-refractivity contribution in [3.8, 4) is 11.3 Å². The second kappa shape index (κ2) is 3.42. The van der Waals surface area contributed by atoms with Crippen LogP contribution in [0.4, 0.5) is 0 Å². The summed E-state index contributed by atoms with van der Waals surface area (Å²) in [5, 5.41) is 1.02. The molecule has 3 rings (SSSR count). The van der Waals surface area contributed by atoms with Crippen LogP contribution in [0.2, 0.25) is 0 Å². The molecule has 0 aliphatic heterocycles. The minimum Gasteiger partial charge on any atom is -0.336 e. The zero-order valence-corrected chi connectivity index (χ0v) is 9.40. The maximum absolute atomic E-state index is 4.62. The average Bonchev–Trinajstić information content (AvgIpc) is 2.72. The lowest BCUT2D eigenvalue weighted by molar-refractivity contribution is 0.896. The van der Waals surface area contributed by atoms with Gasteiger partial charge in [-0.2, -0.15) is 0 Å². The second-order valence-electron chi connectivity index (χ2n) is 3.73. The number of H-pyrrole nitrogens is 1. The van der Waals surface area contributed by atoms with Gasteiger partial charge in [0.2, 0.25) is 0 Å². The third-order valence-electron chi connectivity index (χ3n) is 2.87. The highest BCUT2D eigenvalue weighted by atomic mass is 32.2. The van der Waals surface area contributed by atoms with Gasteiger partial charge in [-0.15, -0.1) is 0 Å². The Hall–Kier alpha value is -1.22. The molecular weight excluding hydrogens is 204 g/mol. The van der Waals surface area contributed by atoms with Gasteiger partial charge in [0.05, 0.1) is 5.69 Å². The molecule has 15 heavy (non-hydrogen) atoms. The van der Waals surface area contributed by atoms with Crippen LogP contribution in [-0.2, 0) is 12.8 Å². The monoisotopic (exact) mass is 216 g/mol. The largest absolute Gasteiger partial charge is 0.336 e. The Bertz CT molecular complexity index is 502. The first-order chi connectivity index (χ1) is 7.38. The number of aromatic amines is 1. The second-order valence-corrected chi connectivity index (χ2v) is 4.53. The van der Waals surface area contributed by atoms with Crippen LogP contribution in [0.1, 0.15) is 11.3 Å². The molecule has 1 aliphatic carbocycles. The van der Waals surface area contributed by atoms with Gasteiger partial charge in [0.1, 0.15) is 0 Å². The van der Waals surface area contributed by atoms with Gasteiger partial charge in [0, 0.05) is 11.3 Å². The molecule has 1 N–H and O–H groups in total. The van der Waals surface area contributed by atoms with Crippen LogP contribution in [-0.4, -0.2) is 16.2 Å². The summed E-state index contributed by atoms with van der Waals surface area (Å²) in [6.07, 6.45) is 4.26. The van der Waals surface area contributed by atoms with Crippen molar-refractivity contribution in [3.63, 3.8) is 0 Å². The zero-order valence-electron chi connectivity index (χ0n) is 8.58. The lowest BCUT2D eigenvalue weighted by Crippen LogP contribution is -2.02. The van der Waals surface area contributed by atoms with Crippen molar-refractivity contribution >= 4 is 11.8 Å². The molecule has 1 aromatic carbocycles. The van der Waals surface area contributed by atoms with E-state index in [2.05, 4.69) is 40.5 Å². The summed E-state index contributed by atoms with van der Waals surface area (Å²) in [5.74, 6) is 0. The summed E-state index contributed by atoms with van der Waals surface area (Å²) in [7, 11) is 0. The molecule has 1 aromatic heterocycles. The number of thioether (sulfide) groups is 1. The number of rotatable bonds is 1. The number of hydrogen-bond acceptors (Lipinski definition) is 2. The number of aromatic nitrogens is 2. The third kappa shape index (κ3) is 1.38.